The SMILES string of the molecule is COc1ccccc1CN1C(=O)CN(C(=O)/C=C/c2ccccn2)c2cc(C(=O)O)ccc21. The molecule has 1 N–H and O–H groups in total. The zero-order valence-corrected chi connectivity index (χ0v) is 17.8. The van der Waals surface area contributed by atoms with Crippen LogP contribution < -0.4 is 14.5 Å². The molecular formula is C25H21N3O5. The van der Waals surface area contributed by atoms with Crippen molar-refractivity contribution >= 4 is 35.2 Å². The third-order valence-corrected chi connectivity index (χ3v) is 5.27. The first kappa shape index (κ1) is 21.8. The van der Waals surface area contributed by atoms with Crippen LogP contribution in [0, 0.1) is 0 Å². The Morgan fingerprint density at radius 3 is 2.61 bits per heavy atom. The molecule has 166 valence electrons. The number of benzene rings is 2. The van der Waals surface area contributed by atoms with Crippen molar-refractivity contribution in [2.75, 3.05) is 23.5 Å². The fraction of sp³-hybridized carbons (Fsp3) is 0.120. The number of carboxylic acids is 1. The van der Waals surface area contributed by atoms with Crippen LogP contribution in [0.4, 0.5) is 11.4 Å². The van der Waals surface area contributed by atoms with Gasteiger partial charge >= 0.3 is 5.97 Å². The molecule has 0 unspecified atom stereocenters. The van der Waals surface area contributed by atoms with E-state index in [2.05, 4.69) is 4.98 Å². The van der Waals surface area contributed by atoms with E-state index >= 15 is 0 Å². The van der Waals surface area contributed by atoms with Gasteiger partial charge in [-0.05, 0) is 42.5 Å². The van der Waals surface area contributed by atoms with Crippen LogP contribution in [0.2, 0.25) is 0 Å². The molecule has 2 aromatic carbocycles. The number of hydrogen-bond acceptors (Lipinski definition) is 5. The number of ether oxygens (including phenoxy) is 1. The summed E-state index contributed by atoms with van der Waals surface area (Å²) in [5.74, 6) is -1.24. The normalized spacial score (nSPS) is 13.2. The highest BCUT2D eigenvalue weighted by atomic mass is 16.5. The minimum atomic E-state index is -1.12. The number of amides is 2. The lowest BCUT2D eigenvalue weighted by Gasteiger charge is -2.36. The minimum absolute atomic E-state index is 0.0202. The lowest BCUT2D eigenvalue weighted by molar-refractivity contribution is -0.120. The summed E-state index contributed by atoms with van der Waals surface area (Å²) in [5.41, 5.74) is 2.19. The molecule has 1 aliphatic heterocycles. The average Bonchev–Trinajstić information content (AvgIpc) is 2.84. The molecule has 33 heavy (non-hydrogen) atoms. The average molecular weight is 443 g/mol. The van der Waals surface area contributed by atoms with E-state index in [0.29, 0.717) is 22.8 Å². The van der Waals surface area contributed by atoms with Gasteiger partial charge in [-0.25, -0.2) is 4.79 Å². The Labute approximate surface area is 190 Å². The Bertz CT molecular complexity index is 1240. The van der Waals surface area contributed by atoms with Crippen molar-refractivity contribution in [3.05, 3.63) is 89.8 Å². The van der Waals surface area contributed by atoms with Gasteiger partial charge in [0.15, 0.2) is 0 Å². The van der Waals surface area contributed by atoms with Crippen LogP contribution in [0.1, 0.15) is 21.6 Å². The van der Waals surface area contributed by atoms with Gasteiger partial charge in [-0.3, -0.25) is 19.5 Å². The fourth-order valence-corrected chi connectivity index (χ4v) is 3.64. The van der Waals surface area contributed by atoms with Crippen LogP contribution in [0.5, 0.6) is 5.75 Å². The number of methoxy groups -OCH3 is 1. The number of aromatic carboxylic acids is 1. The number of pyridine rings is 1. The molecule has 0 spiro atoms. The Hall–Kier alpha value is -4.46. The van der Waals surface area contributed by atoms with Gasteiger partial charge in [-0.15, -0.1) is 0 Å². The van der Waals surface area contributed by atoms with E-state index in [-0.39, 0.29) is 24.6 Å². The lowest BCUT2D eigenvalue weighted by atomic mass is 10.1. The fourth-order valence-electron chi connectivity index (χ4n) is 3.64. The first-order valence-corrected chi connectivity index (χ1v) is 10.2. The van der Waals surface area contributed by atoms with E-state index in [1.165, 1.54) is 28.0 Å². The highest BCUT2D eigenvalue weighted by Gasteiger charge is 2.33. The number of anilines is 2. The summed E-state index contributed by atoms with van der Waals surface area (Å²) in [5, 5.41) is 9.46. The van der Waals surface area contributed by atoms with Crippen molar-refractivity contribution in [2.24, 2.45) is 0 Å². The Kier molecular flexibility index (Phi) is 6.17. The number of hydrogen-bond donors (Lipinski definition) is 1. The molecule has 3 aromatic rings. The van der Waals surface area contributed by atoms with Crippen molar-refractivity contribution in [2.45, 2.75) is 6.54 Å². The second-order valence-corrected chi connectivity index (χ2v) is 7.31. The second kappa shape index (κ2) is 9.35. The summed E-state index contributed by atoms with van der Waals surface area (Å²) in [6.07, 6.45) is 4.48. The number of nitrogens with zero attached hydrogens (tertiary/aromatic N) is 3. The number of fused-ring (bicyclic) bond motifs is 1. The van der Waals surface area contributed by atoms with Crippen LogP contribution in [0.15, 0.2) is 72.9 Å². The van der Waals surface area contributed by atoms with Gasteiger partial charge in [0.1, 0.15) is 12.3 Å². The van der Waals surface area contributed by atoms with Crippen LogP contribution in [0.3, 0.4) is 0 Å². The maximum absolute atomic E-state index is 13.1. The Balaban J connectivity index is 1.71. The molecule has 0 fully saturated rings. The summed E-state index contributed by atoms with van der Waals surface area (Å²) in [6, 6.07) is 17.0. The maximum atomic E-state index is 13.1. The number of para-hydroxylation sites is 1. The first-order valence-electron chi connectivity index (χ1n) is 10.2. The van der Waals surface area contributed by atoms with Gasteiger partial charge in [0.05, 0.1) is 36.3 Å². The van der Waals surface area contributed by atoms with Gasteiger partial charge in [0.2, 0.25) is 5.91 Å². The molecule has 1 aromatic heterocycles. The molecule has 2 heterocycles. The Morgan fingerprint density at radius 1 is 1.09 bits per heavy atom. The summed E-state index contributed by atoms with van der Waals surface area (Å²) in [4.78, 5) is 44.6. The molecule has 2 amide bonds. The van der Waals surface area contributed by atoms with E-state index in [0.717, 1.165) is 5.56 Å². The quantitative estimate of drug-likeness (QED) is 0.587. The lowest BCUT2D eigenvalue weighted by Crippen LogP contribution is -2.47. The minimum Gasteiger partial charge on any atom is -0.496 e. The van der Waals surface area contributed by atoms with E-state index in [4.69, 9.17) is 4.74 Å². The first-order chi connectivity index (χ1) is 16.0. The van der Waals surface area contributed by atoms with E-state index in [9.17, 15) is 19.5 Å². The van der Waals surface area contributed by atoms with Crippen molar-refractivity contribution in [3.8, 4) is 5.75 Å². The third-order valence-electron chi connectivity index (χ3n) is 5.27. The smallest absolute Gasteiger partial charge is 0.335 e. The predicted molar refractivity (Wildman–Crippen MR) is 123 cm³/mol. The third kappa shape index (κ3) is 4.59. The number of carbonyl (C=O) groups excluding carboxylic acids is 2. The zero-order valence-electron chi connectivity index (χ0n) is 17.8. The van der Waals surface area contributed by atoms with Crippen molar-refractivity contribution in [1.29, 1.82) is 0 Å². The van der Waals surface area contributed by atoms with Gasteiger partial charge in [0.25, 0.3) is 5.91 Å². The van der Waals surface area contributed by atoms with E-state index < -0.39 is 11.9 Å². The summed E-state index contributed by atoms with van der Waals surface area (Å²) < 4.78 is 5.40. The molecular weight excluding hydrogens is 422 g/mol. The number of carbonyl (C=O) groups is 3. The van der Waals surface area contributed by atoms with Crippen molar-refractivity contribution in [1.82, 2.24) is 4.98 Å². The second-order valence-electron chi connectivity index (χ2n) is 7.31. The largest absolute Gasteiger partial charge is 0.496 e. The van der Waals surface area contributed by atoms with Crippen LogP contribution in [-0.2, 0) is 16.1 Å². The maximum Gasteiger partial charge on any atom is 0.335 e. The number of aromatic nitrogens is 1. The van der Waals surface area contributed by atoms with Gasteiger partial charge in [-0.2, -0.15) is 0 Å². The van der Waals surface area contributed by atoms with Crippen molar-refractivity contribution < 1.29 is 24.2 Å². The van der Waals surface area contributed by atoms with Crippen LogP contribution in [0.25, 0.3) is 6.08 Å². The summed E-state index contributed by atoms with van der Waals surface area (Å²) >= 11 is 0. The Morgan fingerprint density at radius 2 is 1.88 bits per heavy atom. The molecule has 0 saturated heterocycles. The molecule has 0 bridgehead atoms. The van der Waals surface area contributed by atoms with Gasteiger partial charge in [0, 0.05) is 17.8 Å². The van der Waals surface area contributed by atoms with Crippen LogP contribution >= 0.6 is 0 Å². The molecule has 0 radical (unpaired) electrons. The molecule has 0 saturated carbocycles. The standard InChI is InChI=1S/C25H21N3O5/c1-33-22-8-3-2-6-18(22)15-27-20-11-9-17(25(31)32)14-21(20)28(16-24(27)30)23(29)12-10-19-7-4-5-13-26-19/h2-14H,15-16H2,1H3,(H,31,32)/b12-10+. The van der Waals surface area contributed by atoms with Crippen LogP contribution in [-0.4, -0.2) is 41.5 Å². The zero-order chi connectivity index (χ0) is 23.4. The highest BCUT2D eigenvalue weighted by molar-refractivity contribution is 6.15. The summed E-state index contributed by atoms with van der Waals surface area (Å²) in [7, 11) is 1.55. The highest BCUT2D eigenvalue weighted by Crippen LogP contribution is 2.36. The van der Waals surface area contributed by atoms with Crippen molar-refractivity contribution in [3.63, 3.8) is 0 Å². The molecule has 4 rings (SSSR count). The molecule has 0 aliphatic carbocycles. The topological polar surface area (TPSA) is 100 Å². The van der Waals surface area contributed by atoms with Gasteiger partial charge < -0.3 is 14.7 Å². The number of carboxylic acid groups (broad SMARTS) is 1. The predicted octanol–water partition coefficient (Wildman–Crippen LogP) is 3.38. The molecule has 8 nitrogen and oxygen atoms in total. The molecule has 0 atom stereocenters. The monoisotopic (exact) mass is 443 g/mol. The molecule has 1 aliphatic rings. The van der Waals surface area contributed by atoms with E-state index in [1.54, 1.807) is 49.7 Å². The van der Waals surface area contributed by atoms with E-state index in [1.807, 2.05) is 18.2 Å². The summed E-state index contributed by atoms with van der Waals surface area (Å²) in [6.45, 7) is -0.00924. The number of rotatable bonds is 6. The molecule has 8 heteroatoms. The van der Waals surface area contributed by atoms with Gasteiger partial charge in [-0.1, -0.05) is 24.3 Å².